The van der Waals surface area contributed by atoms with Crippen molar-refractivity contribution in [3.63, 3.8) is 0 Å². The summed E-state index contributed by atoms with van der Waals surface area (Å²) in [7, 11) is 0. The van der Waals surface area contributed by atoms with Gasteiger partial charge < -0.3 is 11.1 Å². The number of nitrogen functional groups attached to an aromatic ring is 1. The topological polar surface area (TPSA) is 55.9 Å². The fraction of sp³-hybridized carbons (Fsp3) is 0.786. The van der Waals surface area contributed by atoms with Gasteiger partial charge in [-0.15, -0.1) is 0 Å². The molecule has 1 aliphatic carbocycles. The van der Waals surface area contributed by atoms with Gasteiger partial charge in [-0.25, -0.2) is 4.68 Å². The summed E-state index contributed by atoms with van der Waals surface area (Å²) in [5.74, 6) is 1.00. The quantitative estimate of drug-likeness (QED) is 0.842. The zero-order chi connectivity index (χ0) is 13.3. The van der Waals surface area contributed by atoms with E-state index in [1.165, 1.54) is 25.7 Å². The Balaban J connectivity index is 2.13. The SMILES string of the molecule is CCC1(CNc2c(N)c(C)nn2C(C)C)CCC1. The molecule has 0 atom stereocenters. The molecule has 0 spiro atoms. The van der Waals surface area contributed by atoms with Gasteiger partial charge in [0.25, 0.3) is 0 Å². The number of nitrogens with two attached hydrogens (primary N) is 1. The molecule has 0 unspecified atom stereocenters. The minimum atomic E-state index is 0.336. The molecule has 4 nitrogen and oxygen atoms in total. The second-order valence-electron chi connectivity index (χ2n) is 5.95. The van der Waals surface area contributed by atoms with Gasteiger partial charge in [-0.1, -0.05) is 13.3 Å². The lowest BCUT2D eigenvalue weighted by molar-refractivity contribution is 0.144. The van der Waals surface area contributed by atoms with Crippen molar-refractivity contribution in [1.29, 1.82) is 0 Å². The molecule has 0 bridgehead atoms. The predicted molar refractivity (Wildman–Crippen MR) is 76.8 cm³/mol. The second-order valence-corrected chi connectivity index (χ2v) is 5.95. The molecule has 1 aliphatic rings. The van der Waals surface area contributed by atoms with Crippen LogP contribution in [0, 0.1) is 12.3 Å². The number of nitrogens with zero attached hydrogens (tertiary/aromatic N) is 2. The lowest BCUT2D eigenvalue weighted by Crippen LogP contribution is -2.36. The third kappa shape index (κ3) is 2.20. The third-order valence-corrected chi connectivity index (χ3v) is 4.42. The fourth-order valence-corrected chi connectivity index (χ4v) is 2.71. The van der Waals surface area contributed by atoms with Gasteiger partial charge in [-0.05, 0) is 45.4 Å². The average Bonchev–Trinajstić information content (AvgIpc) is 2.56. The first-order chi connectivity index (χ1) is 8.49. The smallest absolute Gasteiger partial charge is 0.148 e. The highest BCUT2D eigenvalue weighted by Gasteiger charge is 2.35. The van der Waals surface area contributed by atoms with E-state index in [0.717, 1.165) is 23.7 Å². The van der Waals surface area contributed by atoms with Crippen LogP contribution in [0.4, 0.5) is 11.5 Å². The van der Waals surface area contributed by atoms with Gasteiger partial charge in [0.1, 0.15) is 5.82 Å². The molecule has 0 aromatic carbocycles. The van der Waals surface area contributed by atoms with Crippen molar-refractivity contribution >= 4 is 11.5 Å². The third-order valence-electron chi connectivity index (χ3n) is 4.42. The minimum absolute atomic E-state index is 0.336. The number of anilines is 2. The van der Waals surface area contributed by atoms with E-state index in [2.05, 4.69) is 31.2 Å². The number of aromatic nitrogens is 2. The van der Waals surface area contributed by atoms with Crippen LogP contribution in [0.25, 0.3) is 0 Å². The van der Waals surface area contributed by atoms with E-state index < -0.39 is 0 Å². The monoisotopic (exact) mass is 250 g/mol. The first kappa shape index (κ1) is 13.2. The molecule has 0 aliphatic heterocycles. The maximum atomic E-state index is 6.13. The van der Waals surface area contributed by atoms with Crippen molar-refractivity contribution in [2.75, 3.05) is 17.6 Å². The Kier molecular flexibility index (Phi) is 3.55. The average molecular weight is 250 g/mol. The second kappa shape index (κ2) is 4.82. The van der Waals surface area contributed by atoms with Crippen LogP contribution in [0.15, 0.2) is 0 Å². The number of aryl methyl sites for hydroxylation is 1. The van der Waals surface area contributed by atoms with Crippen molar-refractivity contribution in [3.05, 3.63) is 5.69 Å². The van der Waals surface area contributed by atoms with Crippen LogP contribution in [0.5, 0.6) is 0 Å². The number of rotatable bonds is 5. The molecule has 1 heterocycles. The zero-order valence-corrected chi connectivity index (χ0v) is 12.1. The Morgan fingerprint density at radius 1 is 1.44 bits per heavy atom. The molecular formula is C14H26N4. The minimum Gasteiger partial charge on any atom is -0.394 e. The molecule has 1 aromatic heterocycles. The lowest BCUT2D eigenvalue weighted by Gasteiger charge is -2.41. The Hall–Kier alpha value is -1.19. The molecule has 0 saturated heterocycles. The van der Waals surface area contributed by atoms with Crippen LogP contribution in [0.3, 0.4) is 0 Å². The van der Waals surface area contributed by atoms with Gasteiger partial charge in [-0.3, -0.25) is 0 Å². The highest BCUT2D eigenvalue weighted by molar-refractivity contribution is 5.65. The molecule has 1 saturated carbocycles. The maximum Gasteiger partial charge on any atom is 0.148 e. The molecular weight excluding hydrogens is 224 g/mol. The van der Waals surface area contributed by atoms with Gasteiger partial charge in [0.05, 0.1) is 11.4 Å². The van der Waals surface area contributed by atoms with Crippen molar-refractivity contribution < 1.29 is 0 Å². The van der Waals surface area contributed by atoms with E-state index in [1.807, 2.05) is 11.6 Å². The van der Waals surface area contributed by atoms with Gasteiger partial charge in [-0.2, -0.15) is 5.10 Å². The van der Waals surface area contributed by atoms with Crippen LogP contribution in [0.1, 0.15) is 58.2 Å². The lowest BCUT2D eigenvalue weighted by atomic mass is 9.67. The zero-order valence-electron chi connectivity index (χ0n) is 12.1. The van der Waals surface area contributed by atoms with Gasteiger partial charge >= 0.3 is 0 Å². The first-order valence-corrected chi connectivity index (χ1v) is 7.07. The number of hydrogen-bond acceptors (Lipinski definition) is 3. The van der Waals surface area contributed by atoms with Crippen LogP contribution in [-0.2, 0) is 0 Å². The van der Waals surface area contributed by atoms with Crippen LogP contribution in [-0.4, -0.2) is 16.3 Å². The molecule has 0 amide bonds. The molecule has 102 valence electrons. The van der Waals surface area contributed by atoms with E-state index in [-0.39, 0.29) is 0 Å². The first-order valence-electron chi connectivity index (χ1n) is 7.07. The predicted octanol–water partition coefficient (Wildman–Crippen LogP) is 3.35. The van der Waals surface area contributed by atoms with E-state index in [0.29, 0.717) is 11.5 Å². The summed E-state index contributed by atoms with van der Waals surface area (Å²) in [5.41, 5.74) is 8.34. The standard InChI is InChI=1S/C14H26N4/c1-5-14(7-6-8-14)9-16-13-12(15)11(4)17-18(13)10(2)3/h10,16H,5-9,15H2,1-4H3. The molecule has 3 N–H and O–H groups in total. The highest BCUT2D eigenvalue weighted by atomic mass is 15.4. The van der Waals surface area contributed by atoms with Crippen molar-refractivity contribution in [2.45, 2.75) is 59.4 Å². The maximum absolute atomic E-state index is 6.13. The van der Waals surface area contributed by atoms with E-state index in [4.69, 9.17) is 5.73 Å². The fourth-order valence-electron chi connectivity index (χ4n) is 2.71. The normalized spacial score (nSPS) is 17.8. The summed E-state index contributed by atoms with van der Waals surface area (Å²) in [6.45, 7) is 9.55. The van der Waals surface area contributed by atoms with Crippen molar-refractivity contribution in [1.82, 2.24) is 9.78 Å². The molecule has 2 rings (SSSR count). The van der Waals surface area contributed by atoms with E-state index in [9.17, 15) is 0 Å². The Labute approximate surface area is 110 Å². The van der Waals surface area contributed by atoms with Gasteiger partial charge in [0.15, 0.2) is 0 Å². The summed E-state index contributed by atoms with van der Waals surface area (Å²) < 4.78 is 2.01. The van der Waals surface area contributed by atoms with E-state index >= 15 is 0 Å². The summed E-state index contributed by atoms with van der Waals surface area (Å²) in [6, 6.07) is 0.336. The van der Waals surface area contributed by atoms with Crippen LogP contribution >= 0.6 is 0 Å². The Morgan fingerprint density at radius 2 is 2.11 bits per heavy atom. The molecule has 1 fully saturated rings. The van der Waals surface area contributed by atoms with Gasteiger partial charge in [0.2, 0.25) is 0 Å². The molecule has 1 aromatic rings. The molecule has 4 heteroatoms. The largest absolute Gasteiger partial charge is 0.394 e. The number of nitrogens with one attached hydrogen (secondary N) is 1. The highest BCUT2D eigenvalue weighted by Crippen LogP contribution is 2.44. The molecule has 0 radical (unpaired) electrons. The van der Waals surface area contributed by atoms with Crippen molar-refractivity contribution in [3.8, 4) is 0 Å². The van der Waals surface area contributed by atoms with Crippen molar-refractivity contribution in [2.24, 2.45) is 5.41 Å². The summed E-state index contributed by atoms with van der Waals surface area (Å²) >= 11 is 0. The van der Waals surface area contributed by atoms with E-state index in [1.54, 1.807) is 0 Å². The van der Waals surface area contributed by atoms with Gasteiger partial charge in [0, 0.05) is 12.6 Å². The summed E-state index contributed by atoms with van der Waals surface area (Å²) in [6.07, 6.45) is 5.29. The van der Waals surface area contributed by atoms with Crippen LogP contribution in [0.2, 0.25) is 0 Å². The number of hydrogen-bond donors (Lipinski definition) is 2. The van der Waals surface area contributed by atoms with Crippen LogP contribution < -0.4 is 11.1 Å². The Bertz CT molecular complexity index is 410. The molecule has 18 heavy (non-hydrogen) atoms. The summed E-state index contributed by atoms with van der Waals surface area (Å²) in [4.78, 5) is 0. The summed E-state index contributed by atoms with van der Waals surface area (Å²) in [5, 5.41) is 8.06. The Morgan fingerprint density at radius 3 is 2.56 bits per heavy atom.